The number of aryl methyl sites for hydroxylation is 2. The van der Waals surface area contributed by atoms with Crippen molar-refractivity contribution in [1.82, 2.24) is 9.55 Å². The van der Waals surface area contributed by atoms with Gasteiger partial charge in [-0.05, 0) is 31.5 Å². The van der Waals surface area contributed by atoms with E-state index in [2.05, 4.69) is 15.6 Å². The van der Waals surface area contributed by atoms with Crippen LogP contribution in [0.3, 0.4) is 0 Å². The Morgan fingerprint density at radius 1 is 1.43 bits per heavy atom. The molecule has 0 spiro atoms. The van der Waals surface area contributed by atoms with Crippen molar-refractivity contribution in [2.45, 2.75) is 31.8 Å². The summed E-state index contributed by atoms with van der Waals surface area (Å²) in [5.41, 5.74) is 1.04. The molecule has 0 aliphatic heterocycles. The number of anilines is 1. The van der Waals surface area contributed by atoms with E-state index in [4.69, 9.17) is 6.42 Å². The molecule has 0 radical (unpaired) electrons. The highest BCUT2D eigenvalue weighted by atomic mass is 32.2. The first-order valence-corrected chi connectivity index (χ1v) is 8.08. The summed E-state index contributed by atoms with van der Waals surface area (Å²) in [5.74, 6) is 3.14. The van der Waals surface area contributed by atoms with Crippen molar-refractivity contribution in [3.05, 3.63) is 41.9 Å². The van der Waals surface area contributed by atoms with E-state index in [0.29, 0.717) is 17.1 Å². The Bertz CT molecular complexity index is 785. The van der Waals surface area contributed by atoms with Gasteiger partial charge in [0.1, 0.15) is 5.82 Å². The number of rotatable bonds is 5. The zero-order valence-corrected chi connectivity index (χ0v) is 12.8. The topological polar surface area (TPSA) is 64.0 Å². The average Bonchev–Trinajstić information content (AvgIpc) is 2.81. The van der Waals surface area contributed by atoms with Gasteiger partial charge in [-0.2, -0.15) is 8.42 Å². The first-order valence-electron chi connectivity index (χ1n) is 6.59. The quantitative estimate of drug-likeness (QED) is 0.863. The Morgan fingerprint density at radius 3 is 2.86 bits per heavy atom. The highest BCUT2D eigenvalue weighted by Gasteiger charge is 2.19. The maximum absolute atomic E-state index is 12.3. The van der Waals surface area contributed by atoms with Gasteiger partial charge >= 0.3 is 0 Å². The van der Waals surface area contributed by atoms with E-state index in [1.54, 1.807) is 37.4 Å². The van der Waals surface area contributed by atoms with Crippen LogP contribution >= 0.6 is 0 Å². The van der Waals surface area contributed by atoms with Gasteiger partial charge in [-0.25, -0.2) is 4.98 Å². The van der Waals surface area contributed by atoms with Crippen molar-refractivity contribution >= 4 is 15.7 Å². The smallest absolute Gasteiger partial charge is 0.280 e. The van der Waals surface area contributed by atoms with E-state index in [9.17, 15) is 8.42 Å². The summed E-state index contributed by atoms with van der Waals surface area (Å²) in [6.07, 6.45) is 7.77. The fourth-order valence-corrected chi connectivity index (χ4v) is 3.02. The third kappa shape index (κ3) is 3.44. The van der Waals surface area contributed by atoms with Gasteiger partial charge < -0.3 is 4.57 Å². The number of nitrogens with one attached hydrogen (secondary N) is 1. The molecule has 0 amide bonds. The van der Waals surface area contributed by atoms with Gasteiger partial charge in [0, 0.05) is 18.3 Å². The van der Waals surface area contributed by atoms with Crippen molar-refractivity contribution in [2.24, 2.45) is 0 Å². The Hall–Kier alpha value is -2.26. The minimum absolute atomic E-state index is 0.0135. The maximum atomic E-state index is 12.3. The fourth-order valence-electron chi connectivity index (χ4n) is 1.96. The Labute approximate surface area is 125 Å². The highest BCUT2D eigenvalue weighted by molar-refractivity contribution is 7.92. The Balaban J connectivity index is 2.30. The Morgan fingerprint density at radius 2 is 2.19 bits per heavy atom. The zero-order valence-electron chi connectivity index (χ0n) is 12.0. The van der Waals surface area contributed by atoms with E-state index in [1.807, 2.05) is 11.5 Å². The van der Waals surface area contributed by atoms with Crippen molar-refractivity contribution in [2.75, 3.05) is 4.72 Å². The molecule has 6 heteroatoms. The van der Waals surface area contributed by atoms with Crippen LogP contribution in [0.2, 0.25) is 0 Å². The summed E-state index contributed by atoms with van der Waals surface area (Å²) in [5, 5.41) is 0.0135. The lowest BCUT2D eigenvalue weighted by molar-refractivity contribution is 0.597. The molecule has 0 aliphatic carbocycles. The molecule has 1 heterocycles. The van der Waals surface area contributed by atoms with Crippen LogP contribution in [-0.2, 0) is 16.6 Å². The van der Waals surface area contributed by atoms with Crippen LogP contribution < -0.4 is 4.72 Å². The molecule has 0 aliphatic rings. The van der Waals surface area contributed by atoms with Crippen LogP contribution in [0.1, 0.15) is 24.7 Å². The lowest BCUT2D eigenvalue weighted by Crippen LogP contribution is -2.13. The van der Waals surface area contributed by atoms with Crippen molar-refractivity contribution in [3.63, 3.8) is 0 Å². The molecule has 5 nitrogen and oxygen atoms in total. The van der Waals surface area contributed by atoms with Crippen LogP contribution in [0.5, 0.6) is 0 Å². The molecule has 2 aromatic rings. The highest BCUT2D eigenvalue weighted by Crippen LogP contribution is 2.17. The molecule has 2 rings (SSSR count). The average molecular weight is 303 g/mol. The molecule has 1 aromatic carbocycles. The third-order valence-corrected chi connectivity index (χ3v) is 4.23. The number of sulfonamides is 1. The standard InChI is InChI=1S/C15H17N3O2S/c1-4-9-18-11-15(16-12(18)3)21(19,20)17-14-8-6-7-13(5-2)10-14/h2,6-8,10-11,17H,4,9H2,1,3H3. The lowest BCUT2D eigenvalue weighted by atomic mass is 10.2. The van der Waals surface area contributed by atoms with Gasteiger partial charge in [0.15, 0.2) is 5.03 Å². The van der Waals surface area contributed by atoms with Crippen molar-refractivity contribution in [3.8, 4) is 12.3 Å². The fraction of sp³-hybridized carbons (Fsp3) is 0.267. The van der Waals surface area contributed by atoms with Crippen LogP contribution in [0.15, 0.2) is 35.5 Å². The molecular weight excluding hydrogens is 286 g/mol. The van der Waals surface area contributed by atoms with Crippen LogP contribution in [-0.4, -0.2) is 18.0 Å². The van der Waals surface area contributed by atoms with Gasteiger partial charge in [0.2, 0.25) is 0 Å². The maximum Gasteiger partial charge on any atom is 0.280 e. The number of benzene rings is 1. The molecule has 0 bridgehead atoms. The number of hydrogen-bond donors (Lipinski definition) is 1. The lowest BCUT2D eigenvalue weighted by Gasteiger charge is -2.05. The molecule has 0 saturated heterocycles. The van der Waals surface area contributed by atoms with E-state index >= 15 is 0 Å². The van der Waals surface area contributed by atoms with Crippen molar-refractivity contribution < 1.29 is 8.42 Å². The number of aromatic nitrogens is 2. The molecule has 1 N–H and O–H groups in total. The van der Waals surface area contributed by atoms with Gasteiger partial charge in [-0.1, -0.05) is 18.9 Å². The van der Waals surface area contributed by atoms with E-state index < -0.39 is 10.0 Å². The molecule has 1 aromatic heterocycles. The molecular formula is C15H17N3O2S. The number of terminal acetylenes is 1. The zero-order chi connectivity index (χ0) is 15.5. The number of imidazole rings is 1. The second-order valence-electron chi connectivity index (χ2n) is 4.65. The van der Waals surface area contributed by atoms with Gasteiger partial charge in [-0.15, -0.1) is 6.42 Å². The van der Waals surface area contributed by atoms with E-state index in [1.165, 1.54) is 0 Å². The second kappa shape index (κ2) is 6.02. The van der Waals surface area contributed by atoms with Crippen LogP contribution in [0.4, 0.5) is 5.69 Å². The minimum atomic E-state index is -3.71. The SMILES string of the molecule is C#Cc1cccc(NS(=O)(=O)c2cn(CCC)c(C)n2)c1. The summed E-state index contributed by atoms with van der Waals surface area (Å²) in [6.45, 7) is 4.55. The second-order valence-corrected chi connectivity index (χ2v) is 6.28. The summed E-state index contributed by atoms with van der Waals surface area (Å²) in [6, 6.07) is 6.69. The monoisotopic (exact) mass is 303 g/mol. The first kappa shape index (κ1) is 15.1. The first-order chi connectivity index (χ1) is 9.96. The molecule has 0 atom stereocenters. The largest absolute Gasteiger partial charge is 0.334 e. The Kier molecular flexibility index (Phi) is 4.34. The molecule has 0 fully saturated rings. The van der Waals surface area contributed by atoms with Gasteiger partial charge in [0.25, 0.3) is 10.0 Å². The van der Waals surface area contributed by atoms with Crippen molar-refractivity contribution in [1.29, 1.82) is 0 Å². The van der Waals surface area contributed by atoms with Gasteiger partial charge in [-0.3, -0.25) is 4.72 Å². The number of hydrogen-bond acceptors (Lipinski definition) is 3. The van der Waals surface area contributed by atoms with E-state index in [0.717, 1.165) is 13.0 Å². The normalized spacial score (nSPS) is 11.1. The molecule has 110 valence electrons. The summed E-state index contributed by atoms with van der Waals surface area (Å²) in [4.78, 5) is 4.11. The molecule has 21 heavy (non-hydrogen) atoms. The van der Waals surface area contributed by atoms with Gasteiger partial charge in [0.05, 0.1) is 5.69 Å². The predicted octanol–water partition coefficient (Wildman–Crippen LogP) is 2.38. The molecule has 0 saturated carbocycles. The van der Waals surface area contributed by atoms with E-state index in [-0.39, 0.29) is 5.03 Å². The van der Waals surface area contributed by atoms with Crippen LogP contribution in [0.25, 0.3) is 0 Å². The predicted molar refractivity (Wildman–Crippen MR) is 82.4 cm³/mol. The summed E-state index contributed by atoms with van der Waals surface area (Å²) < 4.78 is 29.0. The summed E-state index contributed by atoms with van der Waals surface area (Å²) in [7, 11) is -3.71. The summed E-state index contributed by atoms with van der Waals surface area (Å²) >= 11 is 0. The third-order valence-electron chi connectivity index (χ3n) is 2.98. The van der Waals surface area contributed by atoms with Crippen LogP contribution in [0, 0.1) is 19.3 Å². The molecule has 0 unspecified atom stereocenters. The minimum Gasteiger partial charge on any atom is -0.334 e. The number of nitrogens with zero attached hydrogens (tertiary/aromatic N) is 2.